The van der Waals surface area contributed by atoms with Crippen LogP contribution in [0.25, 0.3) is 0 Å². The molecule has 0 aliphatic carbocycles. The Morgan fingerprint density at radius 2 is 2.00 bits per heavy atom. The van der Waals surface area contributed by atoms with Crippen LogP contribution in [0, 0.1) is 12.3 Å². The van der Waals surface area contributed by atoms with Crippen LogP contribution in [0.4, 0.5) is 0 Å². The Bertz CT molecular complexity index is 432. The molecule has 2 aliphatic heterocycles. The summed E-state index contributed by atoms with van der Waals surface area (Å²) in [5, 5.41) is 8.19. The summed E-state index contributed by atoms with van der Waals surface area (Å²) in [4.78, 5) is 16.8. The second-order valence-electron chi connectivity index (χ2n) is 6.25. The van der Waals surface area contributed by atoms with Gasteiger partial charge in [0, 0.05) is 57.9 Å². The minimum Gasteiger partial charge on any atom is -0.341 e. The quantitative estimate of drug-likeness (QED) is 0.705. The van der Waals surface area contributed by atoms with Gasteiger partial charge in [-0.15, -0.1) is 12.3 Å². The maximum atomic E-state index is 12.4. The van der Waals surface area contributed by atoms with Crippen LogP contribution in [0.5, 0.6) is 0 Å². The molecule has 116 valence electrons. The number of rotatable bonds is 6. The highest BCUT2D eigenvalue weighted by atomic mass is 16.2. The van der Waals surface area contributed by atoms with E-state index in [0.29, 0.717) is 25.3 Å². The zero-order chi connectivity index (χ0) is 15.3. The summed E-state index contributed by atoms with van der Waals surface area (Å²) in [5.41, 5.74) is -0.335. The first-order valence-electron chi connectivity index (χ1n) is 7.96. The molecule has 0 saturated carbocycles. The molecule has 0 aromatic heterocycles. The number of nitrogens with zero attached hydrogens (tertiary/aromatic N) is 4. The van der Waals surface area contributed by atoms with Crippen molar-refractivity contribution < 1.29 is 4.79 Å². The van der Waals surface area contributed by atoms with E-state index >= 15 is 0 Å². The van der Waals surface area contributed by atoms with E-state index in [0.717, 1.165) is 39.0 Å². The van der Waals surface area contributed by atoms with Gasteiger partial charge in [-0.1, -0.05) is 0 Å². The monoisotopic (exact) mass is 290 g/mol. The molecule has 1 amide bonds. The molecular formula is C16H26N4O. The number of hydrogen-bond acceptors (Lipinski definition) is 4. The number of carbonyl (C=O) groups is 1. The Hall–Kier alpha value is -1.41. The van der Waals surface area contributed by atoms with Crippen LogP contribution in [0.15, 0.2) is 10.2 Å². The molecule has 0 radical (unpaired) electrons. The SMILES string of the molecule is C#CCCC1(CCC(=O)N2CCCN(C(C)C)CC2)N=N1. The minimum atomic E-state index is -0.335. The third-order valence-corrected chi connectivity index (χ3v) is 4.41. The van der Waals surface area contributed by atoms with E-state index in [1.54, 1.807) is 0 Å². The van der Waals surface area contributed by atoms with Crippen LogP contribution >= 0.6 is 0 Å². The Morgan fingerprint density at radius 3 is 2.62 bits per heavy atom. The van der Waals surface area contributed by atoms with Gasteiger partial charge in [-0.2, -0.15) is 10.2 Å². The number of hydrogen-bond donors (Lipinski definition) is 0. The second kappa shape index (κ2) is 7.04. The third-order valence-electron chi connectivity index (χ3n) is 4.41. The Balaban J connectivity index is 1.75. The normalized spacial score (nSPS) is 21.1. The molecule has 2 rings (SSSR count). The lowest BCUT2D eigenvalue weighted by Crippen LogP contribution is -2.37. The van der Waals surface area contributed by atoms with Crippen molar-refractivity contribution in [3.8, 4) is 12.3 Å². The Labute approximate surface area is 127 Å². The van der Waals surface area contributed by atoms with E-state index in [-0.39, 0.29) is 11.6 Å². The summed E-state index contributed by atoms with van der Waals surface area (Å²) in [6, 6.07) is 0.552. The highest BCUT2D eigenvalue weighted by Gasteiger charge is 2.39. The molecule has 0 N–H and O–H groups in total. The van der Waals surface area contributed by atoms with Crippen LogP contribution in [0.2, 0.25) is 0 Å². The van der Waals surface area contributed by atoms with E-state index in [4.69, 9.17) is 6.42 Å². The van der Waals surface area contributed by atoms with Gasteiger partial charge < -0.3 is 4.90 Å². The van der Waals surface area contributed by atoms with E-state index < -0.39 is 0 Å². The first-order chi connectivity index (χ1) is 10.1. The molecule has 0 spiro atoms. The number of amides is 1. The van der Waals surface area contributed by atoms with Gasteiger partial charge in [0.25, 0.3) is 0 Å². The number of terminal acetylenes is 1. The van der Waals surface area contributed by atoms with Crippen molar-refractivity contribution >= 4 is 5.91 Å². The van der Waals surface area contributed by atoms with Crippen LogP contribution in [-0.2, 0) is 4.79 Å². The summed E-state index contributed by atoms with van der Waals surface area (Å²) in [6.07, 6.45) is 9.02. The minimum absolute atomic E-state index is 0.234. The van der Waals surface area contributed by atoms with Gasteiger partial charge in [0.1, 0.15) is 0 Å². The zero-order valence-corrected chi connectivity index (χ0v) is 13.2. The van der Waals surface area contributed by atoms with Crippen LogP contribution in [-0.4, -0.2) is 53.6 Å². The first-order valence-corrected chi connectivity index (χ1v) is 7.96. The Kier molecular flexibility index (Phi) is 5.35. The van der Waals surface area contributed by atoms with Crippen LogP contribution < -0.4 is 0 Å². The van der Waals surface area contributed by atoms with Crippen molar-refractivity contribution in [1.29, 1.82) is 0 Å². The molecule has 0 bridgehead atoms. The van der Waals surface area contributed by atoms with Gasteiger partial charge in [0.2, 0.25) is 5.91 Å². The van der Waals surface area contributed by atoms with E-state index in [1.807, 2.05) is 4.90 Å². The summed E-state index contributed by atoms with van der Waals surface area (Å²) in [5.74, 6) is 2.85. The van der Waals surface area contributed by atoms with Gasteiger partial charge in [0.15, 0.2) is 5.66 Å². The van der Waals surface area contributed by atoms with Crippen molar-refractivity contribution in [3.05, 3.63) is 0 Å². The molecule has 5 nitrogen and oxygen atoms in total. The van der Waals surface area contributed by atoms with Gasteiger partial charge in [0.05, 0.1) is 0 Å². The summed E-state index contributed by atoms with van der Waals surface area (Å²) in [6.45, 7) is 8.18. The van der Waals surface area contributed by atoms with Crippen molar-refractivity contribution in [3.63, 3.8) is 0 Å². The fourth-order valence-electron chi connectivity index (χ4n) is 2.84. The second-order valence-corrected chi connectivity index (χ2v) is 6.25. The van der Waals surface area contributed by atoms with Gasteiger partial charge in [-0.3, -0.25) is 9.69 Å². The maximum Gasteiger partial charge on any atom is 0.222 e. The molecule has 0 unspecified atom stereocenters. The van der Waals surface area contributed by atoms with Gasteiger partial charge in [-0.05, 0) is 20.3 Å². The fraction of sp³-hybridized carbons (Fsp3) is 0.812. The largest absolute Gasteiger partial charge is 0.341 e. The van der Waals surface area contributed by atoms with Crippen molar-refractivity contribution in [2.24, 2.45) is 10.2 Å². The lowest BCUT2D eigenvalue weighted by atomic mass is 10.0. The van der Waals surface area contributed by atoms with Crippen molar-refractivity contribution in [1.82, 2.24) is 9.80 Å². The predicted molar refractivity (Wildman–Crippen MR) is 82.8 cm³/mol. The van der Waals surface area contributed by atoms with E-state index in [2.05, 4.69) is 34.9 Å². The van der Waals surface area contributed by atoms with Gasteiger partial charge in [-0.25, -0.2) is 0 Å². The molecule has 1 fully saturated rings. The van der Waals surface area contributed by atoms with Gasteiger partial charge >= 0.3 is 0 Å². The summed E-state index contributed by atoms with van der Waals surface area (Å²) >= 11 is 0. The predicted octanol–water partition coefficient (Wildman–Crippen LogP) is 2.28. The maximum absolute atomic E-state index is 12.4. The number of carbonyl (C=O) groups excluding carboxylic acids is 1. The zero-order valence-electron chi connectivity index (χ0n) is 13.2. The molecule has 21 heavy (non-hydrogen) atoms. The molecule has 2 aliphatic rings. The first kappa shape index (κ1) is 16.0. The van der Waals surface area contributed by atoms with Crippen molar-refractivity contribution in [2.45, 2.75) is 57.7 Å². The van der Waals surface area contributed by atoms with Crippen LogP contribution in [0.3, 0.4) is 0 Å². The molecule has 0 aromatic rings. The lowest BCUT2D eigenvalue weighted by Gasteiger charge is -2.25. The average molecular weight is 290 g/mol. The van der Waals surface area contributed by atoms with E-state index in [1.165, 1.54) is 0 Å². The molecule has 0 aromatic carbocycles. The lowest BCUT2D eigenvalue weighted by molar-refractivity contribution is -0.131. The summed E-state index contributed by atoms with van der Waals surface area (Å²) < 4.78 is 0. The third kappa shape index (κ3) is 4.53. The molecule has 5 heteroatoms. The molecule has 2 heterocycles. The highest BCUT2D eigenvalue weighted by molar-refractivity contribution is 5.76. The smallest absolute Gasteiger partial charge is 0.222 e. The van der Waals surface area contributed by atoms with Crippen LogP contribution in [0.1, 0.15) is 46.0 Å². The van der Waals surface area contributed by atoms with E-state index in [9.17, 15) is 4.79 Å². The topological polar surface area (TPSA) is 48.3 Å². The van der Waals surface area contributed by atoms with Crippen molar-refractivity contribution in [2.75, 3.05) is 26.2 Å². The molecule has 1 saturated heterocycles. The Morgan fingerprint density at radius 1 is 1.24 bits per heavy atom. The molecular weight excluding hydrogens is 264 g/mol. The standard InChI is InChI=1S/C16H26N4O/c1-4-5-8-16(17-18-16)9-7-15(21)20-11-6-10-19(12-13-20)14(2)3/h1,14H,5-13H2,2-3H3. The summed E-state index contributed by atoms with van der Waals surface area (Å²) in [7, 11) is 0. The highest BCUT2D eigenvalue weighted by Crippen LogP contribution is 2.37. The average Bonchev–Trinajstić information content (AvgIpc) is 3.26. The molecule has 0 atom stereocenters. The fourth-order valence-corrected chi connectivity index (χ4v) is 2.84.